The number of amides is 1. The van der Waals surface area contributed by atoms with Crippen molar-refractivity contribution in [1.29, 1.82) is 0 Å². The van der Waals surface area contributed by atoms with Crippen molar-refractivity contribution in [3.8, 4) is 0 Å². The van der Waals surface area contributed by atoms with E-state index in [0.29, 0.717) is 12.5 Å². The molecule has 0 aliphatic carbocycles. The van der Waals surface area contributed by atoms with Crippen LogP contribution in [-0.4, -0.2) is 98.6 Å². The molecular formula is C19H38N6O. The summed E-state index contributed by atoms with van der Waals surface area (Å²) in [6, 6.07) is 0.204. The van der Waals surface area contributed by atoms with E-state index >= 15 is 0 Å². The molecule has 0 spiro atoms. The number of carbonyl (C=O) groups is 1. The molecule has 1 unspecified atom stereocenters. The van der Waals surface area contributed by atoms with Crippen molar-refractivity contribution < 1.29 is 4.79 Å². The minimum absolute atomic E-state index is 0.121. The Balaban J connectivity index is 1.81. The summed E-state index contributed by atoms with van der Waals surface area (Å²) in [5.41, 5.74) is 0. The van der Waals surface area contributed by atoms with Crippen LogP contribution in [0.2, 0.25) is 0 Å². The maximum absolute atomic E-state index is 11.9. The molecule has 0 saturated carbocycles. The first kappa shape index (κ1) is 21.0. The van der Waals surface area contributed by atoms with Crippen LogP contribution >= 0.6 is 0 Å². The summed E-state index contributed by atoms with van der Waals surface area (Å²) in [6.45, 7) is 14.4. The molecule has 150 valence electrons. The molecule has 0 radical (unpaired) electrons. The minimum atomic E-state index is 0.121. The smallest absolute Gasteiger partial charge is 0.234 e. The standard InChI is InChI=1S/C19H38N6O/c1-5-20-19(21-13-17-7-6-8-23(4)14-17)25-11-9-24(10-12-25)15-18(26)22-16(2)3/h16-17H,5-15H2,1-4H3,(H,20,21)(H,22,26). The Morgan fingerprint density at radius 3 is 2.54 bits per heavy atom. The number of carbonyl (C=O) groups excluding carboxylic acids is 1. The molecule has 2 rings (SSSR count). The Hall–Kier alpha value is -1.34. The van der Waals surface area contributed by atoms with Gasteiger partial charge in [-0.25, -0.2) is 0 Å². The number of piperazine rings is 1. The molecule has 0 bridgehead atoms. The lowest BCUT2D eigenvalue weighted by atomic mass is 9.99. The van der Waals surface area contributed by atoms with Crippen LogP contribution in [0.5, 0.6) is 0 Å². The number of nitrogens with zero attached hydrogens (tertiary/aromatic N) is 4. The SMILES string of the molecule is CCNC(=NCC1CCCN(C)C1)N1CCN(CC(=O)NC(C)C)CC1. The average Bonchev–Trinajstić information content (AvgIpc) is 2.59. The van der Waals surface area contributed by atoms with E-state index in [4.69, 9.17) is 4.99 Å². The molecule has 0 aromatic carbocycles. The number of piperidine rings is 1. The van der Waals surface area contributed by atoms with Gasteiger partial charge in [-0.05, 0) is 53.1 Å². The normalized spacial score (nSPS) is 23.3. The summed E-state index contributed by atoms with van der Waals surface area (Å²) >= 11 is 0. The quantitative estimate of drug-likeness (QED) is 0.527. The number of aliphatic imine (C=N–C) groups is 1. The molecule has 1 atom stereocenters. The van der Waals surface area contributed by atoms with E-state index in [1.807, 2.05) is 13.8 Å². The zero-order chi connectivity index (χ0) is 18.9. The lowest BCUT2D eigenvalue weighted by molar-refractivity contribution is -0.123. The third kappa shape index (κ3) is 7.11. The van der Waals surface area contributed by atoms with Crippen LogP contribution in [0.3, 0.4) is 0 Å². The molecule has 1 amide bonds. The Morgan fingerprint density at radius 2 is 1.92 bits per heavy atom. The Labute approximate surface area is 159 Å². The molecule has 7 heteroatoms. The van der Waals surface area contributed by atoms with Crippen molar-refractivity contribution in [2.75, 3.05) is 66.0 Å². The molecule has 0 aromatic heterocycles. The van der Waals surface area contributed by atoms with Gasteiger partial charge in [0.1, 0.15) is 0 Å². The van der Waals surface area contributed by atoms with Crippen LogP contribution in [0, 0.1) is 5.92 Å². The van der Waals surface area contributed by atoms with Gasteiger partial charge in [-0.15, -0.1) is 0 Å². The first-order valence-electron chi connectivity index (χ1n) is 10.2. The van der Waals surface area contributed by atoms with Crippen molar-refractivity contribution in [3.05, 3.63) is 0 Å². The van der Waals surface area contributed by atoms with E-state index in [0.717, 1.165) is 51.8 Å². The monoisotopic (exact) mass is 366 g/mol. The van der Waals surface area contributed by atoms with Gasteiger partial charge in [0.15, 0.2) is 5.96 Å². The van der Waals surface area contributed by atoms with Crippen LogP contribution in [-0.2, 0) is 4.79 Å². The number of hydrogen-bond donors (Lipinski definition) is 2. The van der Waals surface area contributed by atoms with E-state index in [1.54, 1.807) is 0 Å². The summed E-state index contributed by atoms with van der Waals surface area (Å²) in [7, 11) is 2.20. The fourth-order valence-electron chi connectivity index (χ4n) is 3.75. The molecule has 2 saturated heterocycles. The van der Waals surface area contributed by atoms with E-state index in [1.165, 1.54) is 19.4 Å². The largest absolute Gasteiger partial charge is 0.357 e. The van der Waals surface area contributed by atoms with Crippen LogP contribution in [0.1, 0.15) is 33.6 Å². The van der Waals surface area contributed by atoms with Gasteiger partial charge in [-0.3, -0.25) is 14.7 Å². The highest BCUT2D eigenvalue weighted by Gasteiger charge is 2.22. The molecule has 2 aliphatic rings. The topological polar surface area (TPSA) is 63.2 Å². The molecule has 2 heterocycles. The van der Waals surface area contributed by atoms with Gasteiger partial charge in [0, 0.05) is 51.9 Å². The van der Waals surface area contributed by atoms with Gasteiger partial charge in [0.05, 0.1) is 6.54 Å². The summed E-state index contributed by atoms with van der Waals surface area (Å²) in [6.07, 6.45) is 2.57. The van der Waals surface area contributed by atoms with Gasteiger partial charge in [-0.1, -0.05) is 0 Å². The van der Waals surface area contributed by atoms with Crippen molar-refractivity contribution >= 4 is 11.9 Å². The van der Waals surface area contributed by atoms with Gasteiger partial charge in [-0.2, -0.15) is 0 Å². The maximum atomic E-state index is 11.9. The summed E-state index contributed by atoms with van der Waals surface area (Å²) in [5, 5.41) is 6.42. The van der Waals surface area contributed by atoms with E-state index < -0.39 is 0 Å². The second-order valence-electron chi connectivity index (χ2n) is 7.95. The molecule has 26 heavy (non-hydrogen) atoms. The van der Waals surface area contributed by atoms with Crippen LogP contribution in [0.4, 0.5) is 0 Å². The van der Waals surface area contributed by atoms with Gasteiger partial charge in [0.25, 0.3) is 0 Å². The number of hydrogen-bond acceptors (Lipinski definition) is 4. The van der Waals surface area contributed by atoms with Crippen molar-refractivity contribution in [2.24, 2.45) is 10.9 Å². The summed E-state index contributed by atoms with van der Waals surface area (Å²) in [4.78, 5) is 23.8. The van der Waals surface area contributed by atoms with Crippen LogP contribution in [0.15, 0.2) is 4.99 Å². The first-order chi connectivity index (χ1) is 12.5. The van der Waals surface area contributed by atoms with E-state index in [9.17, 15) is 4.79 Å². The third-order valence-corrected chi connectivity index (χ3v) is 5.04. The second kappa shape index (κ2) is 10.7. The Kier molecular flexibility index (Phi) is 8.65. The van der Waals surface area contributed by atoms with Crippen molar-refractivity contribution in [2.45, 2.75) is 39.7 Å². The first-order valence-corrected chi connectivity index (χ1v) is 10.2. The van der Waals surface area contributed by atoms with Crippen molar-refractivity contribution in [3.63, 3.8) is 0 Å². The molecular weight excluding hydrogens is 328 g/mol. The van der Waals surface area contributed by atoms with Gasteiger partial charge < -0.3 is 20.4 Å². The molecule has 2 N–H and O–H groups in total. The van der Waals surface area contributed by atoms with Crippen LogP contribution < -0.4 is 10.6 Å². The fourth-order valence-corrected chi connectivity index (χ4v) is 3.75. The molecule has 2 fully saturated rings. The predicted octanol–water partition coefficient (Wildman–Crippen LogP) is 0.436. The Bertz CT molecular complexity index is 459. The molecule has 0 aromatic rings. The highest BCUT2D eigenvalue weighted by atomic mass is 16.2. The number of nitrogens with one attached hydrogen (secondary N) is 2. The second-order valence-corrected chi connectivity index (χ2v) is 7.95. The minimum Gasteiger partial charge on any atom is -0.357 e. The van der Waals surface area contributed by atoms with E-state index in [2.05, 4.69) is 39.3 Å². The lowest BCUT2D eigenvalue weighted by Crippen LogP contribution is -2.54. The summed E-state index contributed by atoms with van der Waals surface area (Å²) < 4.78 is 0. The predicted molar refractivity (Wildman–Crippen MR) is 107 cm³/mol. The van der Waals surface area contributed by atoms with Gasteiger partial charge >= 0.3 is 0 Å². The molecule has 2 aliphatic heterocycles. The summed E-state index contributed by atoms with van der Waals surface area (Å²) in [5.74, 6) is 1.82. The fraction of sp³-hybridized carbons (Fsp3) is 0.895. The van der Waals surface area contributed by atoms with Crippen molar-refractivity contribution in [1.82, 2.24) is 25.3 Å². The van der Waals surface area contributed by atoms with Crippen LogP contribution in [0.25, 0.3) is 0 Å². The number of likely N-dealkylation sites (tertiary alicyclic amines) is 1. The third-order valence-electron chi connectivity index (χ3n) is 5.04. The molecule has 7 nitrogen and oxygen atoms in total. The Morgan fingerprint density at radius 1 is 1.19 bits per heavy atom. The number of guanidine groups is 1. The highest BCUT2D eigenvalue weighted by molar-refractivity contribution is 5.80. The highest BCUT2D eigenvalue weighted by Crippen LogP contribution is 2.15. The maximum Gasteiger partial charge on any atom is 0.234 e. The lowest BCUT2D eigenvalue weighted by Gasteiger charge is -2.36. The average molecular weight is 367 g/mol. The van der Waals surface area contributed by atoms with Gasteiger partial charge in [0.2, 0.25) is 5.91 Å². The zero-order valence-corrected chi connectivity index (χ0v) is 17.1. The number of rotatable bonds is 6. The zero-order valence-electron chi connectivity index (χ0n) is 17.1. The van der Waals surface area contributed by atoms with E-state index in [-0.39, 0.29) is 11.9 Å².